The Bertz CT molecular complexity index is 2890. The number of fused-ring (bicyclic) bond motifs is 5. The Morgan fingerprint density at radius 2 is 0.882 bits per heavy atom. The van der Waals surface area contributed by atoms with E-state index in [0.29, 0.717) is 0 Å². The van der Waals surface area contributed by atoms with Gasteiger partial charge in [-0.3, -0.25) is 0 Å². The molecule has 1 heterocycles. The molecule has 0 fully saturated rings. The Hall–Kier alpha value is -3.52. The number of halogens is 2. The zero-order valence-corrected chi connectivity index (χ0v) is 49.4. The van der Waals surface area contributed by atoms with Crippen LogP contribution in [-0.2, 0) is 38.1 Å². The monoisotopic (exact) mass is 1030 g/mol. The molecule has 9 rings (SSSR count). The van der Waals surface area contributed by atoms with Gasteiger partial charge in [-0.2, -0.15) is 0 Å². The van der Waals surface area contributed by atoms with Gasteiger partial charge in [-0.05, 0) is 0 Å². The number of benzene rings is 6. The maximum absolute atomic E-state index is 9.49. The number of allylic oxidation sites excluding steroid dienone is 2. The molecule has 0 nitrogen and oxygen atoms in total. The van der Waals surface area contributed by atoms with Gasteiger partial charge in [0.25, 0.3) is 0 Å². The van der Waals surface area contributed by atoms with E-state index in [1.54, 1.807) is 0 Å². The van der Waals surface area contributed by atoms with Gasteiger partial charge in [0.15, 0.2) is 0 Å². The molecule has 68 heavy (non-hydrogen) atoms. The van der Waals surface area contributed by atoms with Crippen molar-refractivity contribution in [1.82, 2.24) is 0 Å². The molecular formula is C64H75Cl2SiZr. The molecule has 0 N–H and O–H groups in total. The van der Waals surface area contributed by atoms with Crippen molar-refractivity contribution in [3.05, 3.63) is 170 Å². The minimum absolute atomic E-state index is 0.00969. The quantitative estimate of drug-likeness (QED) is 0.140. The van der Waals surface area contributed by atoms with Gasteiger partial charge in [0.05, 0.1) is 0 Å². The fourth-order valence-electron chi connectivity index (χ4n) is 12.2. The first-order valence-corrected chi connectivity index (χ1v) is 37.3. The first kappa shape index (κ1) is 49.5. The van der Waals surface area contributed by atoms with E-state index in [2.05, 4.69) is 226 Å². The fourth-order valence-corrected chi connectivity index (χ4v) is 40.5. The molecule has 0 saturated heterocycles. The van der Waals surface area contributed by atoms with E-state index < -0.39 is 25.9 Å². The van der Waals surface area contributed by atoms with Crippen molar-refractivity contribution in [2.45, 2.75) is 153 Å². The van der Waals surface area contributed by atoms with Crippen molar-refractivity contribution >= 4 is 52.3 Å². The molecule has 0 amide bonds. The van der Waals surface area contributed by atoms with Crippen LogP contribution in [0, 0.1) is 13.8 Å². The van der Waals surface area contributed by atoms with Crippen molar-refractivity contribution in [2.75, 3.05) is 0 Å². The van der Waals surface area contributed by atoms with E-state index >= 15 is 0 Å². The Kier molecular flexibility index (Phi) is 12.2. The molecule has 0 aromatic heterocycles. The van der Waals surface area contributed by atoms with Gasteiger partial charge in [-0.1, -0.05) is 0 Å². The molecule has 6 aromatic carbocycles. The number of rotatable bonds is 7. The van der Waals surface area contributed by atoms with Crippen LogP contribution in [0.2, 0.25) is 0 Å². The zero-order valence-electron chi connectivity index (χ0n) is 44.0. The van der Waals surface area contributed by atoms with Crippen molar-refractivity contribution in [1.29, 1.82) is 0 Å². The maximum atomic E-state index is 9.49. The summed E-state index contributed by atoms with van der Waals surface area (Å²) < 4.78 is 1.05. The van der Waals surface area contributed by atoms with Gasteiger partial charge >= 0.3 is 425 Å². The predicted octanol–water partition coefficient (Wildman–Crippen LogP) is 16.6. The van der Waals surface area contributed by atoms with Gasteiger partial charge in [0.1, 0.15) is 0 Å². The van der Waals surface area contributed by atoms with Gasteiger partial charge in [-0.15, -0.1) is 0 Å². The summed E-state index contributed by atoms with van der Waals surface area (Å²) in [6, 6.07) is 40.6. The average Bonchev–Trinajstić information content (AvgIpc) is 3.97. The van der Waals surface area contributed by atoms with E-state index in [9.17, 15) is 17.0 Å². The fraction of sp³-hybridized carbons (Fsp3) is 0.375. The van der Waals surface area contributed by atoms with E-state index in [1.165, 1.54) is 114 Å². The Morgan fingerprint density at radius 3 is 1.28 bits per heavy atom. The standard InChI is InChI=1S/2C26H33.C12H9Si.2ClH.Zr/c2*1-9-18-12-19-11-10-17(2)24(23(19)13-18)20-14-21(25(3,4)5)16-22(15-20)26(6,7)8;1-3-7-11-9(5-1)10-6-2-4-8-12(10)13-11;;;/h2*10-16H,9H2,1-8H3;1-7H,13H2;2*1H;/q;;;;;+2/p-2. The van der Waals surface area contributed by atoms with E-state index in [4.69, 9.17) is 0 Å². The first-order valence-electron chi connectivity index (χ1n) is 25.4. The third-order valence-corrected chi connectivity index (χ3v) is 38.9. The Labute approximate surface area is 421 Å². The van der Waals surface area contributed by atoms with Crippen molar-refractivity contribution in [2.24, 2.45) is 0 Å². The van der Waals surface area contributed by atoms with Gasteiger partial charge in [0.2, 0.25) is 0 Å². The van der Waals surface area contributed by atoms with Crippen LogP contribution in [0.5, 0.6) is 0 Å². The number of hydrogen-bond acceptors (Lipinski definition) is 0. The van der Waals surface area contributed by atoms with E-state index in [1.807, 2.05) is 0 Å². The summed E-state index contributed by atoms with van der Waals surface area (Å²) in [6.45, 7) is 37.4. The minimum atomic E-state index is -5.72. The topological polar surface area (TPSA) is 0 Å². The SMILES string of the molecule is CCC1=Cc2c(ccc(C)c2-c2cc(C(C)(C)C)cc(C(C)(C)C)c2)[CH]1[Zr]([Cl])([Cl])([c]1cccc2c1[SiH2]c1ccccc1-2)[CH]1C(CC)=Cc2c1ccc(C)c2-c1cc(C(C)(C)C)cc(C(C)(C)C)c1. The van der Waals surface area contributed by atoms with Gasteiger partial charge in [0, 0.05) is 0 Å². The number of hydrogen-bond donors (Lipinski definition) is 0. The average molecular weight is 1030 g/mol. The first-order chi connectivity index (χ1) is 31.7. The second-order valence-electron chi connectivity index (χ2n) is 24.9. The van der Waals surface area contributed by atoms with Crippen LogP contribution in [0.1, 0.15) is 173 Å². The summed E-state index contributed by atoms with van der Waals surface area (Å²) in [5, 5.41) is 2.96. The second-order valence-corrected chi connectivity index (χ2v) is 47.4. The molecule has 0 bridgehead atoms. The molecule has 0 radical (unpaired) electrons. The van der Waals surface area contributed by atoms with Crippen LogP contribution >= 0.6 is 17.0 Å². The molecule has 4 heteroatoms. The van der Waals surface area contributed by atoms with Gasteiger partial charge in [-0.25, -0.2) is 0 Å². The Balaban J connectivity index is 1.37. The number of aryl methyl sites for hydroxylation is 2. The summed E-state index contributed by atoms with van der Waals surface area (Å²) in [5.74, 6) is 0. The van der Waals surface area contributed by atoms with Crippen molar-refractivity contribution in [3.8, 4) is 33.4 Å². The third-order valence-electron chi connectivity index (χ3n) is 16.1. The second kappa shape index (κ2) is 16.8. The summed E-state index contributed by atoms with van der Waals surface area (Å²) >= 11 is -5.72. The van der Waals surface area contributed by atoms with Crippen LogP contribution in [0.15, 0.2) is 114 Å². The summed E-state index contributed by atoms with van der Waals surface area (Å²) in [5.41, 5.74) is 24.0. The van der Waals surface area contributed by atoms with Crippen LogP contribution in [-0.4, -0.2) is 9.52 Å². The normalized spacial score (nSPS) is 17.9. The molecule has 1 aliphatic heterocycles. The summed E-state index contributed by atoms with van der Waals surface area (Å²) in [4.78, 5) is 0. The third kappa shape index (κ3) is 8.03. The molecule has 0 spiro atoms. The predicted molar refractivity (Wildman–Crippen MR) is 301 cm³/mol. The van der Waals surface area contributed by atoms with Crippen LogP contribution in [0.3, 0.4) is 0 Å². The zero-order chi connectivity index (χ0) is 49.3. The molecule has 353 valence electrons. The summed E-state index contributed by atoms with van der Waals surface area (Å²) in [6.07, 6.45) is 6.85. The molecule has 2 unspecified atom stereocenters. The van der Waals surface area contributed by atoms with Crippen LogP contribution < -0.4 is 13.6 Å². The molecule has 6 aromatic rings. The van der Waals surface area contributed by atoms with E-state index in [0.717, 1.165) is 12.8 Å². The van der Waals surface area contributed by atoms with Crippen LogP contribution in [0.25, 0.3) is 45.5 Å². The van der Waals surface area contributed by atoms with Gasteiger partial charge < -0.3 is 0 Å². The van der Waals surface area contributed by atoms with E-state index in [-0.39, 0.29) is 28.9 Å². The van der Waals surface area contributed by atoms with Crippen LogP contribution in [0.4, 0.5) is 0 Å². The van der Waals surface area contributed by atoms with Crippen molar-refractivity contribution < 1.29 is 16.4 Å². The molecule has 2 atom stereocenters. The molecule has 3 aliphatic rings. The molecule has 0 saturated carbocycles. The Morgan fingerprint density at radius 1 is 0.485 bits per heavy atom. The molecule has 2 aliphatic carbocycles. The van der Waals surface area contributed by atoms with Crippen molar-refractivity contribution in [3.63, 3.8) is 0 Å². The summed E-state index contributed by atoms with van der Waals surface area (Å²) in [7, 11) is 18.1. The molecular weight excluding hydrogens is 959 g/mol.